The van der Waals surface area contributed by atoms with E-state index in [1.165, 1.54) is 0 Å². The molecule has 1 atom stereocenters. The minimum atomic E-state index is 0.145. The van der Waals surface area contributed by atoms with Crippen LogP contribution < -0.4 is 10.1 Å². The number of hydrogen-bond donors (Lipinski definition) is 2. The zero-order valence-corrected chi connectivity index (χ0v) is 10.4. The van der Waals surface area contributed by atoms with Crippen LogP contribution in [0, 0.1) is 0 Å². The van der Waals surface area contributed by atoms with Crippen molar-refractivity contribution in [2.75, 3.05) is 7.05 Å². The molecule has 1 heterocycles. The lowest BCUT2D eigenvalue weighted by Gasteiger charge is -2.10. The van der Waals surface area contributed by atoms with Crippen molar-refractivity contribution in [1.29, 1.82) is 0 Å². The second-order valence-electron chi connectivity index (χ2n) is 3.84. The number of rotatable bonds is 2. The number of benzene rings is 1. The molecular formula is C11H14BrNO2. The van der Waals surface area contributed by atoms with Gasteiger partial charge in [-0.15, -0.1) is 0 Å². The number of halogens is 1. The Bertz CT molecular complexity index is 393. The van der Waals surface area contributed by atoms with Crippen LogP contribution in [-0.4, -0.2) is 18.3 Å². The average molecular weight is 272 g/mol. The van der Waals surface area contributed by atoms with Gasteiger partial charge in [-0.05, 0) is 20.0 Å². The molecule has 0 bridgehead atoms. The van der Waals surface area contributed by atoms with E-state index in [1.807, 2.05) is 20.0 Å². The first-order valence-electron chi connectivity index (χ1n) is 4.98. The Morgan fingerprint density at radius 1 is 1.67 bits per heavy atom. The molecule has 1 aliphatic heterocycles. The maximum atomic E-state index is 10.00. The molecular weight excluding hydrogens is 258 g/mol. The highest BCUT2D eigenvalue weighted by atomic mass is 79.9. The number of phenolic OH excluding ortho intramolecular Hbond substituents is 1. The smallest absolute Gasteiger partial charge is 0.166 e. The van der Waals surface area contributed by atoms with Gasteiger partial charge in [-0.1, -0.05) is 15.9 Å². The molecule has 82 valence electrons. The Morgan fingerprint density at radius 3 is 3.07 bits per heavy atom. The molecule has 4 heteroatoms. The van der Waals surface area contributed by atoms with Crippen molar-refractivity contribution in [3.05, 3.63) is 21.7 Å². The van der Waals surface area contributed by atoms with Crippen LogP contribution in [0.3, 0.4) is 0 Å². The van der Waals surface area contributed by atoms with Gasteiger partial charge in [-0.25, -0.2) is 0 Å². The molecule has 0 amide bonds. The fraction of sp³-hybridized carbons (Fsp3) is 0.455. The first-order chi connectivity index (χ1) is 7.13. The van der Waals surface area contributed by atoms with Crippen LogP contribution >= 0.6 is 15.9 Å². The van der Waals surface area contributed by atoms with Gasteiger partial charge in [0.05, 0.1) is 0 Å². The van der Waals surface area contributed by atoms with Gasteiger partial charge in [-0.2, -0.15) is 0 Å². The third-order valence-electron chi connectivity index (χ3n) is 2.56. The fourth-order valence-electron chi connectivity index (χ4n) is 1.88. The van der Waals surface area contributed by atoms with Crippen molar-refractivity contribution in [2.24, 2.45) is 0 Å². The summed E-state index contributed by atoms with van der Waals surface area (Å²) in [6, 6.07) is 1.95. The molecule has 1 aromatic rings. The molecule has 2 rings (SSSR count). The summed E-state index contributed by atoms with van der Waals surface area (Å²) in [5.74, 6) is 0.911. The van der Waals surface area contributed by atoms with Crippen LogP contribution in [0.25, 0.3) is 0 Å². The SMILES string of the molecule is CNCc1cc(Br)c2c(c1O)OC(C)C2. The number of phenols is 1. The largest absolute Gasteiger partial charge is 0.504 e. The van der Waals surface area contributed by atoms with E-state index in [9.17, 15) is 5.11 Å². The number of hydrogen-bond acceptors (Lipinski definition) is 3. The van der Waals surface area contributed by atoms with E-state index in [4.69, 9.17) is 4.74 Å². The van der Waals surface area contributed by atoms with E-state index in [2.05, 4.69) is 21.2 Å². The van der Waals surface area contributed by atoms with Gasteiger partial charge in [0.25, 0.3) is 0 Å². The third-order valence-corrected chi connectivity index (χ3v) is 3.27. The zero-order valence-electron chi connectivity index (χ0n) is 8.80. The normalized spacial score (nSPS) is 18.7. The fourth-order valence-corrected chi connectivity index (χ4v) is 2.50. The van der Waals surface area contributed by atoms with Gasteiger partial charge in [-0.3, -0.25) is 0 Å². The summed E-state index contributed by atoms with van der Waals surface area (Å²) in [4.78, 5) is 0. The summed E-state index contributed by atoms with van der Waals surface area (Å²) in [6.07, 6.45) is 0.996. The highest BCUT2D eigenvalue weighted by Gasteiger charge is 2.26. The number of aromatic hydroxyl groups is 1. The topological polar surface area (TPSA) is 41.5 Å². The minimum Gasteiger partial charge on any atom is -0.504 e. The number of ether oxygens (including phenoxy) is 1. The Hall–Kier alpha value is -0.740. The second-order valence-corrected chi connectivity index (χ2v) is 4.69. The summed E-state index contributed by atoms with van der Waals surface area (Å²) in [6.45, 7) is 2.64. The quantitative estimate of drug-likeness (QED) is 0.867. The molecule has 0 fully saturated rings. The van der Waals surface area contributed by atoms with E-state index < -0.39 is 0 Å². The van der Waals surface area contributed by atoms with Crippen molar-refractivity contribution in [2.45, 2.75) is 26.0 Å². The lowest BCUT2D eigenvalue weighted by Crippen LogP contribution is -2.06. The molecule has 0 spiro atoms. The van der Waals surface area contributed by atoms with Gasteiger partial charge in [0, 0.05) is 28.6 Å². The van der Waals surface area contributed by atoms with Crippen molar-refractivity contribution >= 4 is 15.9 Å². The first-order valence-corrected chi connectivity index (χ1v) is 5.77. The third kappa shape index (κ3) is 1.84. The molecule has 1 aliphatic rings. The van der Waals surface area contributed by atoms with Crippen molar-refractivity contribution < 1.29 is 9.84 Å². The molecule has 0 saturated heterocycles. The Labute approximate surface area is 97.6 Å². The Balaban J connectivity index is 2.48. The summed E-state index contributed by atoms with van der Waals surface area (Å²) in [7, 11) is 1.85. The molecule has 0 radical (unpaired) electrons. The monoisotopic (exact) mass is 271 g/mol. The predicted molar refractivity (Wildman–Crippen MR) is 62.4 cm³/mol. The zero-order chi connectivity index (χ0) is 11.0. The van der Waals surface area contributed by atoms with Crippen LogP contribution in [0.15, 0.2) is 10.5 Å². The van der Waals surface area contributed by atoms with E-state index in [0.717, 1.165) is 22.0 Å². The van der Waals surface area contributed by atoms with Crippen LogP contribution in [0.1, 0.15) is 18.1 Å². The van der Waals surface area contributed by atoms with Crippen molar-refractivity contribution in [1.82, 2.24) is 5.32 Å². The molecule has 15 heavy (non-hydrogen) atoms. The van der Waals surface area contributed by atoms with Gasteiger partial charge in [0.1, 0.15) is 6.10 Å². The first kappa shape index (κ1) is 10.8. The molecule has 0 aromatic heterocycles. The van der Waals surface area contributed by atoms with Gasteiger partial charge < -0.3 is 15.2 Å². The van der Waals surface area contributed by atoms with Crippen LogP contribution in [0.4, 0.5) is 0 Å². The molecule has 0 saturated carbocycles. The van der Waals surface area contributed by atoms with Crippen molar-refractivity contribution in [3.8, 4) is 11.5 Å². The van der Waals surface area contributed by atoms with E-state index in [0.29, 0.717) is 12.3 Å². The number of fused-ring (bicyclic) bond motifs is 1. The van der Waals surface area contributed by atoms with E-state index >= 15 is 0 Å². The number of nitrogens with one attached hydrogen (secondary N) is 1. The molecule has 1 unspecified atom stereocenters. The van der Waals surface area contributed by atoms with E-state index in [1.54, 1.807) is 0 Å². The van der Waals surface area contributed by atoms with Crippen LogP contribution in [0.2, 0.25) is 0 Å². The lowest BCUT2D eigenvalue weighted by molar-refractivity contribution is 0.244. The van der Waals surface area contributed by atoms with Crippen LogP contribution in [-0.2, 0) is 13.0 Å². The highest BCUT2D eigenvalue weighted by Crippen LogP contribution is 2.43. The lowest BCUT2D eigenvalue weighted by atomic mass is 10.1. The Morgan fingerprint density at radius 2 is 2.40 bits per heavy atom. The molecule has 2 N–H and O–H groups in total. The minimum absolute atomic E-state index is 0.145. The van der Waals surface area contributed by atoms with Gasteiger partial charge in [0.15, 0.2) is 11.5 Å². The molecule has 0 aliphatic carbocycles. The maximum absolute atomic E-state index is 10.00. The summed E-state index contributed by atoms with van der Waals surface area (Å²) < 4.78 is 6.62. The average Bonchev–Trinajstić information content (AvgIpc) is 2.57. The van der Waals surface area contributed by atoms with Crippen molar-refractivity contribution in [3.63, 3.8) is 0 Å². The maximum Gasteiger partial charge on any atom is 0.166 e. The standard InChI is InChI=1S/C11H14BrNO2/c1-6-3-8-9(12)4-7(5-13-2)10(14)11(8)15-6/h4,6,13-14H,3,5H2,1-2H3. The summed E-state index contributed by atoms with van der Waals surface area (Å²) >= 11 is 3.51. The molecule has 3 nitrogen and oxygen atoms in total. The Kier molecular flexibility index (Phi) is 2.89. The second kappa shape index (κ2) is 4.02. The predicted octanol–water partition coefficient (Wildman–Crippen LogP) is 2.20. The van der Waals surface area contributed by atoms with E-state index in [-0.39, 0.29) is 11.9 Å². The summed E-state index contributed by atoms with van der Waals surface area (Å²) in [5.41, 5.74) is 1.93. The van der Waals surface area contributed by atoms with Gasteiger partial charge >= 0.3 is 0 Å². The molecule has 1 aromatic carbocycles. The van der Waals surface area contributed by atoms with Crippen LogP contribution in [0.5, 0.6) is 11.5 Å². The highest BCUT2D eigenvalue weighted by molar-refractivity contribution is 9.10. The summed E-state index contributed by atoms with van der Waals surface area (Å²) in [5, 5.41) is 13.0. The van der Waals surface area contributed by atoms with Gasteiger partial charge in [0.2, 0.25) is 0 Å².